The highest BCUT2D eigenvalue weighted by Crippen LogP contribution is 2.10. The van der Waals surface area contributed by atoms with Crippen molar-refractivity contribution in [3.05, 3.63) is 21.5 Å². The van der Waals surface area contributed by atoms with Crippen molar-refractivity contribution in [2.75, 3.05) is 19.6 Å². The summed E-state index contributed by atoms with van der Waals surface area (Å²) >= 11 is 2.19. The van der Waals surface area contributed by atoms with E-state index in [9.17, 15) is 4.79 Å². The molecular formula is C10H15ClIN3O. The quantitative estimate of drug-likeness (QED) is 0.750. The third-order valence-corrected chi connectivity index (χ3v) is 3.16. The van der Waals surface area contributed by atoms with E-state index in [0.29, 0.717) is 11.7 Å². The summed E-state index contributed by atoms with van der Waals surface area (Å²) in [6.07, 6.45) is 1.85. The number of halogens is 2. The number of aromatic nitrogens is 1. The van der Waals surface area contributed by atoms with E-state index < -0.39 is 0 Å². The van der Waals surface area contributed by atoms with Crippen LogP contribution in [0.2, 0.25) is 0 Å². The average Bonchev–Trinajstić information content (AvgIpc) is 2.64. The first-order valence-electron chi connectivity index (χ1n) is 5.03. The molecule has 1 fully saturated rings. The van der Waals surface area contributed by atoms with E-state index >= 15 is 0 Å². The number of H-pyrrole nitrogens is 1. The predicted molar refractivity (Wildman–Crippen MR) is 74.1 cm³/mol. The molecule has 2 rings (SSSR count). The van der Waals surface area contributed by atoms with Gasteiger partial charge in [0.15, 0.2) is 0 Å². The zero-order chi connectivity index (χ0) is 10.8. The van der Waals surface area contributed by atoms with Gasteiger partial charge < -0.3 is 15.2 Å². The molecule has 0 bridgehead atoms. The Bertz CT molecular complexity index is 369. The first kappa shape index (κ1) is 13.8. The Morgan fingerprint density at radius 3 is 2.94 bits per heavy atom. The van der Waals surface area contributed by atoms with Crippen molar-refractivity contribution in [1.29, 1.82) is 0 Å². The fourth-order valence-corrected chi connectivity index (χ4v) is 2.25. The summed E-state index contributed by atoms with van der Waals surface area (Å²) in [5, 5.41) is 3.32. The highest BCUT2D eigenvalue weighted by atomic mass is 127. The fourth-order valence-electron chi connectivity index (χ4n) is 1.78. The lowest BCUT2D eigenvalue weighted by Crippen LogP contribution is -2.51. The minimum atomic E-state index is 0. The van der Waals surface area contributed by atoms with Crippen LogP contribution in [-0.2, 0) is 0 Å². The summed E-state index contributed by atoms with van der Waals surface area (Å²) in [5.41, 5.74) is 0.688. The largest absolute Gasteiger partial charge is 0.356 e. The zero-order valence-electron chi connectivity index (χ0n) is 9.00. The van der Waals surface area contributed by atoms with E-state index in [0.717, 1.165) is 23.2 Å². The molecule has 1 saturated heterocycles. The Kier molecular flexibility index (Phi) is 5.07. The molecule has 1 aliphatic heterocycles. The van der Waals surface area contributed by atoms with Gasteiger partial charge in [-0.1, -0.05) is 0 Å². The number of rotatable bonds is 1. The topological polar surface area (TPSA) is 48.1 Å². The molecule has 90 valence electrons. The molecule has 0 spiro atoms. The Labute approximate surface area is 115 Å². The summed E-state index contributed by atoms with van der Waals surface area (Å²) in [6, 6.07) is 2.27. The first-order valence-corrected chi connectivity index (χ1v) is 6.11. The van der Waals surface area contributed by atoms with Crippen LogP contribution in [0.5, 0.6) is 0 Å². The van der Waals surface area contributed by atoms with Crippen molar-refractivity contribution < 1.29 is 4.79 Å². The molecule has 0 aliphatic carbocycles. The number of nitrogens with zero attached hydrogens (tertiary/aromatic N) is 1. The van der Waals surface area contributed by atoms with Gasteiger partial charge in [-0.25, -0.2) is 0 Å². The molecule has 0 aromatic carbocycles. The van der Waals surface area contributed by atoms with Crippen LogP contribution in [0, 0.1) is 3.57 Å². The van der Waals surface area contributed by atoms with Gasteiger partial charge in [0, 0.05) is 35.4 Å². The second-order valence-corrected chi connectivity index (χ2v) is 5.08. The number of amides is 1. The molecule has 0 unspecified atom stereocenters. The van der Waals surface area contributed by atoms with Crippen LogP contribution in [-0.4, -0.2) is 41.5 Å². The monoisotopic (exact) mass is 355 g/mol. The molecule has 16 heavy (non-hydrogen) atoms. The predicted octanol–water partition coefficient (Wildman–Crippen LogP) is 1.48. The van der Waals surface area contributed by atoms with E-state index in [2.05, 4.69) is 39.8 Å². The van der Waals surface area contributed by atoms with E-state index in [1.165, 1.54) is 0 Å². The van der Waals surface area contributed by atoms with Gasteiger partial charge in [-0.2, -0.15) is 0 Å². The average molecular weight is 356 g/mol. The van der Waals surface area contributed by atoms with Gasteiger partial charge in [0.25, 0.3) is 5.91 Å². The Morgan fingerprint density at radius 2 is 2.38 bits per heavy atom. The second-order valence-electron chi connectivity index (χ2n) is 3.84. The van der Waals surface area contributed by atoms with E-state index in [-0.39, 0.29) is 18.3 Å². The standard InChI is InChI=1S/C10H14IN3O.ClH/c1-7-6-14(3-2-12-7)10(15)9-4-8(11)5-13-9;/h4-5,7,12-13H,2-3,6H2,1H3;1H/t7-;/m0./s1. The fraction of sp³-hybridized carbons (Fsp3) is 0.500. The Balaban J connectivity index is 0.00000128. The van der Waals surface area contributed by atoms with Gasteiger partial charge >= 0.3 is 0 Å². The van der Waals surface area contributed by atoms with Crippen LogP contribution >= 0.6 is 35.0 Å². The Hall–Kier alpha value is -0.270. The molecule has 1 atom stereocenters. The van der Waals surface area contributed by atoms with Gasteiger partial charge in [0.05, 0.1) is 0 Å². The minimum absolute atomic E-state index is 0. The van der Waals surface area contributed by atoms with Crippen LogP contribution < -0.4 is 5.32 Å². The van der Waals surface area contributed by atoms with E-state index in [1.807, 2.05) is 17.2 Å². The lowest BCUT2D eigenvalue weighted by atomic mass is 10.2. The van der Waals surface area contributed by atoms with Gasteiger partial charge in [-0.05, 0) is 35.6 Å². The second kappa shape index (κ2) is 5.88. The van der Waals surface area contributed by atoms with Gasteiger partial charge in [-0.3, -0.25) is 4.79 Å². The molecule has 1 aromatic rings. The van der Waals surface area contributed by atoms with Crippen LogP contribution in [0.25, 0.3) is 0 Å². The SMILES string of the molecule is C[C@H]1CN(C(=O)c2cc(I)c[nH]2)CCN1.Cl. The number of hydrogen-bond acceptors (Lipinski definition) is 2. The molecule has 2 heterocycles. The third kappa shape index (κ3) is 3.11. The summed E-state index contributed by atoms with van der Waals surface area (Å²) < 4.78 is 1.07. The summed E-state index contributed by atoms with van der Waals surface area (Å²) in [4.78, 5) is 16.9. The lowest BCUT2D eigenvalue weighted by molar-refractivity contribution is 0.0704. The van der Waals surface area contributed by atoms with Gasteiger partial charge in [0.2, 0.25) is 0 Å². The molecule has 1 aliphatic rings. The maximum absolute atomic E-state index is 12.0. The van der Waals surface area contributed by atoms with Crippen LogP contribution in [0.4, 0.5) is 0 Å². The number of hydrogen-bond donors (Lipinski definition) is 2. The third-order valence-electron chi connectivity index (χ3n) is 2.53. The number of piperazine rings is 1. The molecule has 1 aromatic heterocycles. The molecule has 4 nitrogen and oxygen atoms in total. The molecular weight excluding hydrogens is 340 g/mol. The zero-order valence-corrected chi connectivity index (χ0v) is 12.0. The van der Waals surface area contributed by atoms with Crippen molar-refractivity contribution in [1.82, 2.24) is 15.2 Å². The minimum Gasteiger partial charge on any atom is -0.356 e. The van der Waals surface area contributed by atoms with Crippen molar-refractivity contribution in [2.45, 2.75) is 13.0 Å². The summed E-state index contributed by atoms with van der Waals surface area (Å²) in [7, 11) is 0. The van der Waals surface area contributed by atoms with Crippen LogP contribution in [0.3, 0.4) is 0 Å². The number of carbonyl (C=O) groups is 1. The van der Waals surface area contributed by atoms with Crippen molar-refractivity contribution in [3.63, 3.8) is 0 Å². The molecule has 0 radical (unpaired) electrons. The van der Waals surface area contributed by atoms with Crippen molar-refractivity contribution in [3.8, 4) is 0 Å². The van der Waals surface area contributed by atoms with Gasteiger partial charge in [0.1, 0.15) is 5.69 Å². The highest BCUT2D eigenvalue weighted by Gasteiger charge is 2.22. The lowest BCUT2D eigenvalue weighted by Gasteiger charge is -2.31. The first-order chi connectivity index (χ1) is 7.16. The van der Waals surface area contributed by atoms with Crippen LogP contribution in [0.1, 0.15) is 17.4 Å². The maximum atomic E-state index is 12.0. The van der Waals surface area contributed by atoms with Crippen LogP contribution in [0.15, 0.2) is 12.3 Å². The van der Waals surface area contributed by atoms with Gasteiger partial charge in [-0.15, -0.1) is 12.4 Å². The van der Waals surface area contributed by atoms with Crippen molar-refractivity contribution >= 4 is 40.9 Å². The molecule has 1 amide bonds. The molecule has 0 saturated carbocycles. The number of carbonyl (C=O) groups excluding carboxylic acids is 1. The smallest absolute Gasteiger partial charge is 0.270 e. The Morgan fingerprint density at radius 1 is 1.62 bits per heavy atom. The molecule has 2 N–H and O–H groups in total. The highest BCUT2D eigenvalue weighted by molar-refractivity contribution is 14.1. The molecule has 6 heteroatoms. The van der Waals surface area contributed by atoms with E-state index in [1.54, 1.807) is 0 Å². The summed E-state index contributed by atoms with van der Waals surface area (Å²) in [6.45, 7) is 4.55. The number of aromatic amines is 1. The maximum Gasteiger partial charge on any atom is 0.270 e. The summed E-state index contributed by atoms with van der Waals surface area (Å²) in [5.74, 6) is 0.103. The number of nitrogens with one attached hydrogen (secondary N) is 2. The van der Waals surface area contributed by atoms with E-state index in [4.69, 9.17) is 0 Å². The van der Waals surface area contributed by atoms with Crippen molar-refractivity contribution in [2.24, 2.45) is 0 Å². The normalized spacial score (nSPS) is 20.4.